The second kappa shape index (κ2) is 7.99. The molecule has 0 saturated carbocycles. The fraction of sp³-hybridized carbons (Fsp3) is 0.214. The zero-order valence-corrected chi connectivity index (χ0v) is 20.4. The van der Waals surface area contributed by atoms with Gasteiger partial charge < -0.3 is 13.9 Å². The van der Waals surface area contributed by atoms with Gasteiger partial charge in [-0.05, 0) is 43.9 Å². The predicted molar refractivity (Wildman–Crippen MR) is 139 cm³/mol. The standard InChI is InChI=1S/C28H28BO3P/c1-27(2)28(3,4)32-29(31-27)25-19-20-26(24-18-12-11-17-23(24)25)33(30,21-13-7-5-8-14-21)22-15-9-6-10-16-22/h5-20H,1-4H3. The Morgan fingerprint density at radius 3 is 1.58 bits per heavy atom. The molecule has 1 heterocycles. The van der Waals surface area contributed by atoms with E-state index in [-0.39, 0.29) is 0 Å². The molecule has 0 aliphatic carbocycles. The molecule has 0 radical (unpaired) electrons. The summed E-state index contributed by atoms with van der Waals surface area (Å²) in [6.07, 6.45) is 0. The lowest BCUT2D eigenvalue weighted by Gasteiger charge is -2.32. The Balaban J connectivity index is 1.74. The molecule has 0 amide bonds. The summed E-state index contributed by atoms with van der Waals surface area (Å²) in [7, 11) is -3.59. The molecule has 3 nitrogen and oxygen atoms in total. The van der Waals surface area contributed by atoms with Crippen LogP contribution in [0.2, 0.25) is 0 Å². The smallest absolute Gasteiger partial charge is 0.399 e. The minimum Gasteiger partial charge on any atom is -0.399 e. The van der Waals surface area contributed by atoms with Gasteiger partial charge >= 0.3 is 7.12 Å². The van der Waals surface area contributed by atoms with Crippen molar-refractivity contribution >= 4 is 46.4 Å². The first-order valence-corrected chi connectivity index (χ1v) is 13.0. The third-order valence-electron chi connectivity index (χ3n) is 7.02. The summed E-state index contributed by atoms with van der Waals surface area (Å²) in [4.78, 5) is 0. The summed E-state index contributed by atoms with van der Waals surface area (Å²) in [6.45, 7) is 8.23. The van der Waals surface area contributed by atoms with Crippen molar-refractivity contribution in [2.24, 2.45) is 0 Å². The number of rotatable bonds is 4. The summed E-state index contributed by atoms with van der Waals surface area (Å²) in [6, 6.07) is 31.7. The van der Waals surface area contributed by atoms with Crippen LogP contribution in [0.15, 0.2) is 97.1 Å². The summed E-state index contributed by atoms with van der Waals surface area (Å²) in [5, 5.41) is 4.44. The summed E-state index contributed by atoms with van der Waals surface area (Å²) in [5.74, 6) is 0. The van der Waals surface area contributed by atoms with E-state index < -0.39 is 25.5 Å². The van der Waals surface area contributed by atoms with E-state index in [1.165, 1.54) is 0 Å². The quantitative estimate of drug-likeness (QED) is 0.329. The molecule has 0 unspecified atom stereocenters. The molecule has 0 bridgehead atoms. The van der Waals surface area contributed by atoms with Crippen LogP contribution in [0, 0.1) is 0 Å². The van der Waals surface area contributed by atoms with Crippen LogP contribution in [0.5, 0.6) is 0 Å². The maximum Gasteiger partial charge on any atom is 0.495 e. The first-order chi connectivity index (χ1) is 15.7. The highest BCUT2D eigenvalue weighted by Gasteiger charge is 2.52. The molecular formula is C28H28BO3P. The molecular weight excluding hydrogens is 426 g/mol. The van der Waals surface area contributed by atoms with Crippen LogP contribution in [0.1, 0.15) is 27.7 Å². The highest BCUT2D eigenvalue weighted by molar-refractivity contribution is 7.85. The van der Waals surface area contributed by atoms with Crippen molar-refractivity contribution in [2.75, 3.05) is 0 Å². The van der Waals surface area contributed by atoms with E-state index in [9.17, 15) is 0 Å². The van der Waals surface area contributed by atoms with Gasteiger partial charge in [0.05, 0.1) is 11.2 Å². The lowest BCUT2D eigenvalue weighted by Crippen LogP contribution is -2.41. The van der Waals surface area contributed by atoms with Gasteiger partial charge in [-0.1, -0.05) is 97.1 Å². The third-order valence-corrected chi connectivity index (χ3v) is 10.1. The van der Waals surface area contributed by atoms with Gasteiger partial charge in [0.1, 0.15) is 0 Å². The van der Waals surface area contributed by atoms with E-state index in [1.807, 2.05) is 84.9 Å². The summed E-state index contributed by atoms with van der Waals surface area (Å²) in [5.41, 5.74) is 0.0995. The molecule has 4 aromatic rings. The predicted octanol–water partition coefficient (Wildman–Crippen LogP) is 4.78. The summed E-state index contributed by atoms with van der Waals surface area (Å²) >= 11 is 0. The fourth-order valence-electron chi connectivity index (χ4n) is 4.46. The van der Waals surface area contributed by atoms with E-state index in [1.54, 1.807) is 0 Å². The minimum absolute atomic E-state index is 0.430. The number of benzene rings is 4. The van der Waals surface area contributed by atoms with Crippen molar-refractivity contribution in [3.63, 3.8) is 0 Å². The second-order valence-corrected chi connectivity index (χ2v) is 12.3. The van der Waals surface area contributed by atoms with Gasteiger partial charge in [-0.15, -0.1) is 0 Å². The average molecular weight is 454 g/mol. The minimum atomic E-state index is -3.11. The molecule has 5 heteroatoms. The molecule has 4 aromatic carbocycles. The van der Waals surface area contributed by atoms with E-state index in [0.29, 0.717) is 0 Å². The van der Waals surface area contributed by atoms with E-state index in [0.717, 1.165) is 32.1 Å². The number of hydrogen-bond acceptors (Lipinski definition) is 3. The van der Waals surface area contributed by atoms with Gasteiger partial charge in [0.2, 0.25) is 0 Å². The van der Waals surface area contributed by atoms with Gasteiger partial charge in [-0.3, -0.25) is 0 Å². The molecule has 1 aliphatic heterocycles. The van der Waals surface area contributed by atoms with Crippen molar-refractivity contribution in [1.82, 2.24) is 0 Å². The van der Waals surface area contributed by atoms with Gasteiger partial charge in [0.15, 0.2) is 7.14 Å². The van der Waals surface area contributed by atoms with Crippen molar-refractivity contribution < 1.29 is 13.9 Å². The SMILES string of the molecule is CC1(C)OB(c2ccc(P(=O)(c3ccccc3)c3ccccc3)c3ccccc23)OC1(C)C. The second-order valence-electron chi connectivity index (χ2n) is 9.59. The topological polar surface area (TPSA) is 35.5 Å². The van der Waals surface area contributed by atoms with Crippen molar-refractivity contribution in [1.29, 1.82) is 0 Å². The Labute approximate surface area is 196 Å². The normalized spacial score (nSPS) is 17.4. The lowest BCUT2D eigenvalue weighted by molar-refractivity contribution is 0.00578. The maximum absolute atomic E-state index is 15.0. The highest BCUT2D eigenvalue weighted by atomic mass is 31.2. The molecule has 0 spiro atoms. The first kappa shape index (κ1) is 22.2. The van der Waals surface area contributed by atoms with E-state index in [4.69, 9.17) is 9.31 Å². The zero-order valence-electron chi connectivity index (χ0n) is 19.5. The zero-order chi connectivity index (χ0) is 23.3. The largest absolute Gasteiger partial charge is 0.495 e. The van der Waals surface area contributed by atoms with Crippen LogP contribution < -0.4 is 21.4 Å². The number of hydrogen-bond donors (Lipinski definition) is 0. The molecule has 5 rings (SSSR count). The number of fused-ring (bicyclic) bond motifs is 1. The molecule has 1 fully saturated rings. The van der Waals surface area contributed by atoms with Gasteiger partial charge in [-0.2, -0.15) is 0 Å². The molecule has 1 aliphatic rings. The molecule has 1 saturated heterocycles. The Bertz CT molecular complexity index is 1290. The van der Waals surface area contributed by atoms with Crippen LogP contribution >= 0.6 is 7.14 Å². The summed E-state index contributed by atoms with van der Waals surface area (Å²) < 4.78 is 27.7. The highest BCUT2D eigenvalue weighted by Crippen LogP contribution is 2.44. The van der Waals surface area contributed by atoms with E-state index >= 15 is 4.57 Å². The third kappa shape index (κ3) is 3.58. The molecule has 0 N–H and O–H groups in total. The first-order valence-electron chi connectivity index (χ1n) is 11.3. The molecule has 0 atom stereocenters. The van der Waals surface area contributed by atoms with Crippen molar-refractivity contribution in [3.8, 4) is 0 Å². The molecule has 33 heavy (non-hydrogen) atoms. The Kier molecular flexibility index (Phi) is 5.36. The Hall–Kier alpha value is -2.65. The van der Waals surface area contributed by atoms with Crippen LogP contribution in [-0.2, 0) is 13.9 Å². The van der Waals surface area contributed by atoms with Crippen LogP contribution in [0.25, 0.3) is 10.8 Å². The van der Waals surface area contributed by atoms with Gasteiger partial charge in [-0.25, -0.2) is 0 Å². The Morgan fingerprint density at radius 2 is 1.06 bits per heavy atom. The van der Waals surface area contributed by atoms with Crippen molar-refractivity contribution in [3.05, 3.63) is 97.1 Å². The van der Waals surface area contributed by atoms with Gasteiger partial charge in [0, 0.05) is 15.9 Å². The monoisotopic (exact) mass is 454 g/mol. The average Bonchev–Trinajstić information content (AvgIpc) is 3.05. The van der Waals surface area contributed by atoms with E-state index in [2.05, 4.69) is 39.8 Å². The van der Waals surface area contributed by atoms with Gasteiger partial charge in [0.25, 0.3) is 0 Å². The maximum atomic E-state index is 15.0. The fourth-order valence-corrected chi connectivity index (χ4v) is 7.32. The van der Waals surface area contributed by atoms with Crippen LogP contribution in [0.4, 0.5) is 0 Å². The van der Waals surface area contributed by atoms with Crippen LogP contribution in [0.3, 0.4) is 0 Å². The van der Waals surface area contributed by atoms with Crippen LogP contribution in [-0.4, -0.2) is 18.3 Å². The molecule has 166 valence electrons. The Morgan fingerprint density at radius 1 is 0.606 bits per heavy atom. The molecule has 0 aromatic heterocycles. The van der Waals surface area contributed by atoms with Crippen molar-refractivity contribution in [2.45, 2.75) is 38.9 Å². The lowest BCUT2D eigenvalue weighted by atomic mass is 9.76.